The van der Waals surface area contributed by atoms with E-state index in [1.807, 2.05) is 0 Å². The minimum atomic E-state index is -0.570. The SMILES string of the molecule is COc1ccc(C(=O)N/N=C\c2ccc(-c3ccc(Cl)cc3Cl)o2)c(O)c1. The minimum absolute atomic E-state index is 0.0704. The molecule has 0 aliphatic rings. The molecule has 0 spiro atoms. The largest absolute Gasteiger partial charge is 0.507 e. The number of carbonyl (C=O) groups is 1. The van der Waals surface area contributed by atoms with Crippen LogP contribution in [0, 0.1) is 0 Å². The monoisotopic (exact) mass is 404 g/mol. The van der Waals surface area contributed by atoms with Crippen LogP contribution in [0.25, 0.3) is 11.3 Å². The molecule has 1 amide bonds. The highest BCUT2D eigenvalue weighted by molar-refractivity contribution is 6.36. The summed E-state index contributed by atoms with van der Waals surface area (Å²) in [5.74, 6) is 0.614. The Hall–Kier alpha value is -2.96. The van der Waals surface area contributed by atoms with E-state index < -0.39 is 5.91 Å². The van der Waals surface area contributed by atoms with Gasteiger partial charge in [-0.15, -0.1) is 0 Å². The average Bonchev–Trinajstić information content (AvgIpc) is 3.10. The van der Waals surface area contributed by atoms with E-state index in [2.05, 4.69) is 10.5 Å². The number of furan rings is 1. The molecule has 0 radical (unpaired) electrons. The summed E-state index contributed by atoms with van der Waals surface area (Å²) in [6, 6.07) is 12.8. The highest BCUT2D eigenvalue weighted by Crippen LogP contribution is 2.31. The van der Waals surface area contributed by atoms with E-state index in [1.54, 1.807) is 36.4 Å². The van der Waals surface area contributed by atoms with E-state index >= 15 is 0 Å². The zero-order valence-electron chi connectivity index (χ0n) is 14.1. The molecule has 138 valence electrons. The van der Waals surface area contributed by atoms with Crippen LogP contribution in [0.3, 0.4) is 0 Å². The van der Waals surface area contributed by atoms with Crippen LogP contribution in [0.2, 0.25) is 10.0 Å². The van der Waals surface area contributed by atoms with Gasteiger partial charge in [0.1, 0.15) is 23.0 Å². The molecule has 0 atom stereocenters. The van der Waals surface area contributed by atoms with Gasteiger partial charge in [0.15, 0.2) is 0 Å². The first-order chi connectivity index (χ1) is 13.0. The number of rotatable bonds is 5. The van der Waals surface area contributed by atoms with Gasteiger partial charge >= 0.3 is 0 Å². The number of phenolic OH excluding ortho intramolecular Hbond substituents is 1. The molecule has 0 saturated heterocycles. The number of benzene rings is 2. The summed E-state index contributed by atoms with van der Waals surface area (Å²) < 4.78 is 10.6. The van der Waals surface area contributed by atoms with Gasteiger partial charge in [-0.25, -0.2) is 5.43 Å². The predicted octanol–water partition coefficient (Wildman–Crippen LogP) is 4.73. The Kier molecular flexibility index (Phi) is 5.69. The van der Waals surface area contributed by atoms with Gasteiger partial charge in [0, 0.05) is 16.7 Å². The lowest BCUT2D eigenvalue weighted by Gasteiger charge is -2.05. The molecule has 27 heavy (non-hydrogen) atoms. The van der Waals surface area contributed by atoms with Gasteiger partial charge < -0.3 is 14.3 Å². The Morgan fingerprint density at radius 3 is 2.70 bits per heavy atom. The summed E-state index contributed by atoms with van der Waals surface area (Å²) in [6.07, 6.45) is 1.34. The lowest BCUT2D eigenvalue weighted by molar-refractivity contribution is 0.0952. The van der Waals surface area contributed by atoms with Crippen LogP contribution in [0.5, 0.6) is 11.5 Å². The van der Waals surface area contributed by atoms with Crippen molar-refractivity contribution in [1.29, 1.82) is 0 Å². The number of hydrogen-bond donors (Lipinski definition) is 2. The predicted molar refractivity (Wildman–Crippen MR) is 104 cm³/mol. The van der Waals surface area contributed by atoms with E-state index in [1.165, 1.54) is 25.5 Å². The van der Waals surface area contributed by atoms with E-state index in [0.717, 1.165) is 0 Å². The van der Waals surface area contributed by atoms with Gasteiger partial charge in [0.2, 0.25) is 0 Å². The molecular weight excluding hydrogens is 391 g/mol. The lowest BCUT2D eigenvalue weighted by atomic mass is 10.2. The van der Waals surface area contributed by atoms with Crippen molar-refractivity contribution in [2.45, 2.75) is 0 Å². The number of amides is 1. The van der Waals surface area contributed by atoms with Crippen LogP contribution in [-0.2, 0) is 0 Å². The van der Waals surface area contributed by atoms with Crippen LogP contribution >= 0.6 is 23.2 Å². The van der Waals surface area contributed by atoms with Gasteiger partial charge in [-0.2, -0.15) is 5.10 Å². The topological polar surface area (TPSA) is 84.1 Å². The summed E-state index contributed by atoms with van der Waals surface area (Å²) in [6.45, 7) is 0. The summed E-state index contributed by atoms with van der Waals surface area (Å²) in [5, 5.41) is 14.7. The maximum absolute atomic E-state index is 12.1. The summed E-state index contributed by atoms with van der Waals surface area (Å²) in [7, 11) is 1.47. The van der Waals surface area contributed by atoms with E-state index in [9.17, 15) is 9.90 Å². The van der Waals surface area contributed by atoms with Crippen molar-refractivity contribution in [3.8, 4) is 22.8 Å². The molecular formula is C19H14Cl2N2O4. The van der Waals surface area contributed by atoms with Crippen LogP contribution in [-0.4, -0.2) is 24.3 Å². The molecule has 8 heteroatoms. The van der Waals surface area contributed by atoms with Crippen molar-refractivity contribution in [3.63, 3.8) is 0 Å². The molecule has 6 nitrogen and oxygen atoms in total. The third-order valence-electron chi connectivity index (χ3n) is 3.63. The molecule has 3 rings (SSSR count). The van der Waals surface area contributed by atoms with E-state index in [4.69, 9.17) is 32.4 Å². The fourth-order valence-corrected chi connectivity index (χ4v) is 2.80. The van der Waals surface area contributed by atoms with Crippen LogP contribution in [0.1, 0.15) is 16.1 Å². The number of nitrogens with zero attached hydrogens (tertiary/aromatic N) is 1. The van der Waals surface area contributed by atoms with Gasteiger partial charge in [0.05, 0.1) is 23.9 Å². The number of carbonyl (C=O) groups excluding carboxylic acids is 1. The Balaban J connectivity index is 1.68. The first-order valence-corrected chi connectivity index (χ1v) is 8.49. The Morgan fingerprint density at radius 2 is 2.00 bits per heavy atom. The van der Waals surface area contributed by atoms with Gasteiger partial charge in [-0.05, 0) is 42.5 Å². The molecule has 1 aromatic heterocycles. The Labute approximate surface area is 165 Å². The third-order valence-corrected chi connectivity index (χ3v) is 4.18. The summed E-state index contributed by atoms with van der Waals surface area (Å²) in [4.78, 5) is 12.1. The van der Waals surface area contributed by atoms with Crippen molar-refractivity contribution in [3.05, 3.63) is 69.9 Å². The zero-order chi connectivity index (χ0) is 19.4. The molecule has 1 heterocycles. The number of ether oxygens (including phenoxy) is 1. The maximum atomic E-state index is 12.1. The number of hydrazone groups is 1. The highest BCUT2D eigenvalue weighted by Gasteiger charge is 2.12. The first-order valence-electron chi connectivity index (χ1n) is 7.73. The minimum Gasteiger partial charge on any atom is -0.507 e. The summed E-state index contributed by atoms with van der Waals surface area (Å²) >= 11 is 12.0. The fourth-order valence-electron chi connectivity index (χ4n) is 2.30. The molecule has 2 aromatic carbocycles. The van der Waals surface area contributed by atoms with E-state index in [0.29, 0.717) is 32.9 Å². The number of halogens is 2. The van der Waals surface area contributed by atoms with Gasteiger partial charge in [-0.1, -0.05) is 23.2 Å². The number of nitrogens with one attached hydrogen (secondary N) is 1. The van der Waals surface area contributed by atoms with Crippen LogP contribution in [0.15, 0.2) is 58.0 Å². The number of methoxy groups -OCH3 is 1. The summed E-state index contributed by atoms with van der Waals surface area (Å²) in [5.41, 5.74) is 3.08. The molecule has 0 aliphatic carbocycles. The number of hydrogen-bond acceptors (Lipinski definition) is 5. The van der Waals surface area contributed by atoms with Crippen LogP contribution < -0.4 is 10.2 Å². The third kappa shape index (κ3) is 4.42. The maximum Gasteiger partial charge on any atom is 0.275 e. The number of phenols is 1. The van der Waals surface area contributed by atoms with Crippen molar-refractivity contribution in [2.75, 3.05) is 7.11 Å². The van der Waals surface area contributed by atoms with Crippen molar-refractivity contribution in [2.24, 2.45) is 5.10 Å². The van der Waals surface area contributed by atoms with Gasteiger partial charge in [-0.3, -0.25) is 4.79 Å². The smallest absolute Gasteiger partial charge is 0.275 e. The highest BCUT2D eigenvalue weighted by atomic mass is 35.5. The van der Waals surface area contributed by atoms with Crippen molar-refractivity contribution < 1.29 is 19.1 Å². The Morgan fingerprint density at radius 1 is 1.19 bits per heavy atom. The van der Waals surface area contributed by atoms with Crippen molar-refractivity contribution >= 4 is 35.3 Å². The Bertz CT molecular complexity index is 1010. The normalized spacial score (nSPS) is 10.9. The molecule has 3 aromatic rings. The second-order valence-corrected chi connectivity index (χ2v) is 6.25. The molecule has 0 bridgehead atoms. The first kappa shape index (κ1) is 18.8. The number of aromatic hydroxyl groups is 1. The second kappa shape index (κ2) is 8.16. The fraction of sp³-hybridized carbons (Fsp3) is 0.0526. The molecule has 0 unspecified atom stereocenters. The average molecular weight is 405 g/mol. The standard InChI is InChI=1S/C19H14Cl2N2O4/c1-26-12-3-6-15(17(24)9-12)19(25)23-22-10-13-4-7-18(27-13)14-5-2-11(20)8-16(14)21/h2-10,24H,1H3,(H,23,25)/b22-10-. The quantitative estimate of drug-likeness (QED) is 0.475. The van der Waals surface area contributed by atoms with Crippen molar-refractivity contribution in [1.82, 2.24) is 5.43 Å². The molecule has 0 saturated carbocycles. The zero-order valence-corrected chi connectivity index (χ0v) is 15.6. The second-order valence-electron chi connectivity index (χ2n) is 5.41. The molecule has 0 aliphatic heterocycles. The molecule has 2 N–H and O–H groups in total. The lowest BCUT2D eigenvalue weighted by Crippen LogP contribution is -2.17. The van der Waals surface area contributed by atoms with Gasteiger partial charge in [0.25, 0.3) is 5.91 Å². The van der Waals surface area contributed by atoms with E-state index in [-0.39, 0.29) is 11.3 Å². The van der Waals surface area contributed by atoms with Crippen LogP contribution in [0.4, 0.5) is 0 Å². The molecule has 0 fully saturated rings.